The van der Waals surface area contributed by atoms with Crippen molar-refractivity contribution in [3.8, 4) is 11.4 Å². The molecule has 2 aromatic carbocycles. The molecule has 0 bridgehead atoms. The molecule has 1 N–H and O–H groups in total. The van der Waals surface area contributed by atoms with Crippen molar-refractivity contribution in [2.75, 3.05) is 16.8 Å². The van der Waals surface area contributed by atoms with Crippen LogP contribution in [0.25, 0.3) is 11.4 Å². The Morgan fingerprint density at radius 3 is 2.66 bits per heavy atom. The molecule has 1 aliphatic rings. The van der Waals surface area contributed by atoms with Gasteiger partial charge >= 0.3 is 0 Å². The number of aromatic nitrogens is 2. The molecule has 4 rings (SSSR count). The zero-order valence-electron chi connectivity index (χ0n) is 16.4. The highest BCUT2D eigenvalue weighted by molar-refractivity contribution is 5.97. The average Bonchev–Trinajstić information content (AvgIpc) is 3.35. The summed E-state index contributed by atoms with van der Waals surface area (Å²) in [7, 11) is 0. The van der Waals surface area contributed by atoms with Crippen LogP contribution in [-0.2, 0) is 28.9 Å². The molecule has 0 fully saturated rings. The molecule has 148 valence electrons. The first-order chi connectivity index (χ1) is 14.0. The van der Waals surface area contributed by atoms with Gasteiger partial charge in [-0.2, -0.15) is 4.98 Å². The van der Waals surface area contributed by atoms with Gasteiger partial charge in [0, 0.05) is 36.8 Å². The molecule has 0 spiro atoms. The molecule has 0 atom stereocenters. The summed E-state index contributed by atoms with van der Waals surface area (Å²) < 4.78 is 5.19. The summed E-state index contributed by atoms with van der Waals surface area (Å²) in [6.45, 7) is 4.10. The van der Waals surface area contributed by atoms with Gasteiger partial charge in [0.05, 0.1) is 6.42 Å². The van der Waals surface area contributed by atoms with Crippen LogP contribution in [0.15, 0.2) is 47.0 Å². The van der Waals surface area contributed by atoms with Crippen LogP contribution in [0.3, 0.4) is 0 Å². The van der Waals surface area contributed by atoms with E-state index in [2.05, 4.69) is 15.5 Å². The fourth-order valence-electron chi connectivity index (χ4n) is 3.49. The van der Waals surface area contributed by atoms with E-state index in [4.69, 9.17) is 4.52 Å². The highest BCUT2D eigenvalue weighted by Crippen LogP contribution is 2.32. The number of carbonyl (C=O) groups excluding carboxylic acids is 2. The third kappa shape index (κ3) is 4.03. The fourth-order valence-corrected chi connectivity index (χ4v) is 3.49. The van der Waals surface area contributed by atoms with Gasteiger partial charge in [-0.1, -0.05) is 24.2 Å². The number of rotatable bonds is 5. The maximum atomic E-state index is 12.9. The fraction of sp³-hybridized carbons (Fsp3) is 0.273. The summed E-state index contributed by atoms with van der Waals surface area (Å²) in [5.74, 6) is 1.13. The molecule has 3 aromatic rings. The zero-order valence-corrected chi connectivity index (χ0v) is 16.4. The highest BCUT2D eigenvalue weighted by atomic mass is 16.5. The van der Waals surface area contributed by atoms with Crippen molar-refractivity contribution in [2.24, 2.45) is 0 Å². The van der Waals surface area contributed by atoms with E-state index in [0.717, 1.165) is 34.5 Å². The molecule has 7 nitrogen and oxygen atoms in total. The molecule has 2 heterocycles. The van der Waals surface area contributed by atoms with Crippen molar-refractivity contribution in [1.82, 2.24) is 10.1 Å². The number of aryl methyl sites for hydroxylation is 1. The van der Waals surface area contributed by atoms with Gasteiger partial charge in [0.25, 0.3) is 0 Å². The Balaban J connectivity index is 1.47. The van der Waals surface area contributed by atoms with Gasteiger partial charge in [-0.3, -0.25) is 9.59 Å². The van der Waals surface area contributed by atoms with Gasteiger partial charge < -0.3 is 14.7 Å². The molecule has 0 aliphatic carbocycles. The molecule has 2 amide bonds. The summed E-state index contributed by atoms with van der Waals surface area (Å²) in [6, 6.07) is 13.3. The lowest BCUT2D eigenvalue weighted by atomic mass is 10.1. The lowest BCUT2D eigenvalue weighted by Gasteiger charge is -2.17. The number of amides is 2. The summed E-state index contributed by atoms with van der Waals surface area (Å²) in [4.78, 5) is 30.2. The molecular formula is C22H22N4O3. The van der Waals surface area contributed by atoms with Crippen molar-refractivity contribution < 1.29 is 14.1 Å². The number of anilines is 2. The Kier molecular flexibility index (Phi) is 5.12. The minimum Gasteiger partial charge on any atom is -0.339 e. The highest BCUT2D eigenvalue weighted by Gasteiger charge is 2.25. The molecule has 29 heavy (non-hydrogen) atoms. The molecule has 0 radical (unpaired) electrons. The smallest absolute Gasteiger partial charge is 0.231 e. The van der Waals surface area contributed by atoms with Crippen molar-refractivity contribution in [2.45, 2.75) is 33.1 Å². The quantitative estimate of drug-likeness (QED) is 0.721. The maximum Gasteiger partial charge on any atom is 0.231 e. The van der Waals surface area contributed by atoms with Crippen LogP contribution in [0, 0.1) is 0 Å². The van der Waals surface area contributed by atoms with Crippen LogP contribution in [0.2, 0.25) is 0 Å². The monoisotopic (exact) mass is 390 g/mol. The topological polar surface area (TPSA) is 88.3 Å². The van der Waals surface area contributed by atoms with Gasteiger partial charge in [-0.15, -0.1) is 0 Å². The van der Waals surface area contributed by atoms with Crippen LogP contribution >= 0.6 is 0 Å². The van der Waals surface area contributed by atoms with Crippen LogP contribution in [0.1, 0.15) is 30.9 Å². The first-order valence-corrected chi connectivity index (χ1v) is 9.66. The number of nitrogens with zero attached hydrogens (tertiary/aromatic N) is 3. The molecule has 0 unspecified atom stereocenters. The number of carbonyl (C=O) groups is 2. The number of hydrogen-bond acceptors (Lipinski definition) is 5. The Labute approximate surface area is 168 Å². The molecule has 1 aliphatic heterocycles. The average molecular weight is 390 g/mol. The van der Waals surface area contributed by atoms with E-state index in [9.17, 15) is 9.59 Å². The Hall–Kier alpha value is -3.48. The van der Waals surface area contributed by atoms with Gasteiger partial charge in [0.2, 0.25) is 23.5 Å². The third-order valence-electron chi connectivity index (χ3n) is 4.93. The van der Waals surface area contributed by atoms with Crippen molar-refractivity contribution in [3.05, 3.63) is 59.5 Å². The van der Waals surface area contributed by atoms with Crippen LogP contribution in [0.5, 0.6) is 0 Å². The normalized spacial score (nSPS) is 12.7. The van der Waals surface area contributed by atoms with Gasteiger partial charge in [0.1, 0.15) is 0 Å². The summed E-state index contributed by atoms with van der Waals surface area (Å²) in [5, 5.41) is 6.75. The lowest BCUT2D eigenvalue weighted by molar-refractivity contribution is -0.118. The zero-order chi connectivity index (χ0) is 20.4. The molecule has 0 saturated carbocycles. The van der Waals surface area contributed by atoms with Gasteiger partial charge in [0.15, 0.2) is 0 Å². The van der Waals surface area contributed by atoms with E-state index in [1.165, 1.54) is 6.92 Å². The molecular weight excluding hydrogens is 368 g/mol. The van der Waals surface area contributed by atoms with Crippen molar-refractivity contribution in [3.63, 3.8) is 0 Å². The second-order valence-corrected chi connectivity index (χ2v) is 7.06. The first kappa shape index (κ1) is 18.9. The summed E-state index contributed by atoms with van der Waals surface area (Å²) in [6.07, 6.45) is 1.81. The number of hydrogen-bond donors (Lipinski definition) is 1. The van der Waals surface area contributed by atoms with E-state index in [1.54, 1.807) is 0 Å². The SMILES string of the molecule is CCc1nc(-c2ccc3c(c2)CCN3C(=O)Cc2ccc(NC(C)=O)cc2)no1. The predicted octanol–water partition coefficient (Wildman–Crippen LogP) is 3.39. The van der Waals surface area contributed by atoms with Crippen molar-refractivity contribution in [1.29, 1.82) is 0 Å². The van der Waals surface area contributed by atoms with E-state index < -0.39 is 0 Å². The van der Waals surface area contributed by atoms with Crippen LogP contribution < -0.4 is 10.2 Å². The van der Waals surface area contributed by atoms with Crippen LogP contribution in [-0.4, -0.2) is 28.5 Å². The van der Waals surface area contributed by atoms with Gasteiger partial charge in [-0.05, 0) is 47.9 Å². The second-order valence-electron chi connectivity index (χ2n) is 7.06. The summed E-state index contributed by atoms with van der Waals surface area (Å²) >= 11 is 0. The Bertz CT molecular complexity index is 1060. The minimum absolute atomic E-state index is 0.0524. The number of nitrogens with one attached hydrogen (secondary N) is 1. The third-order valence-corrected chi connectivity index (χ3v) is 4.93. The maximum absolute atomic E-state index is 12.9. The largest absolute Gasteiger partial charge is 0.339 e. The van der Waals surface area contributed by atoms with E-state index in [0.29, 0.717) is 31.1 Å². The lowest BCUT2D eigenvalue weighted by Crippen LogP contribution is -2.30. The molecule has 0 saturated heterocycles. The molecule has 7 heteroatoms. The van der Waals surface area contributed by atoms with Crippen molar-refractivity contribution >= 4 is 23.2 Å². The van der Waals surface area contributed by atoms with E-state index in [1.807, 2.05) is 54.3 Å². The summed E-state index contributed by atoms with van der Waals surface area (Å²) in [5.41, 5.74) is 4.58. The predicted molar refractivity (Wildman–Crippen MR) is 110 cm³/mol. The van der Waals surface area contributed by atoms with E-state index in [-0.39, 0.29) is 11.8 Å². The minimum atomic E-state index is -0.117. The molecule has 1 aromatic heterocycles. The van der Waals surface area contributed by atoms with Gasteiger partial charge in [-0.25, -0.2) is 0 Å². The van der Waals surface area contributed by atoms with E-state index >= 15 is 0 Å². The number of benzene rings is 2. The number of fused-ring (bicyclic) bond motifs is 1. The first-order valence-electron chi connectivity index (χ1n) is 9.66. The Morgan fingerprint density at radius 2 is 1.97 bits per heavy atom. The van der Waals surface area contributed by atoms with Crippen LogP contribution in [0.4, 0.5) is 11.4 Å². The Morgan fingerprint density at radius 1 is 1.17 bits per heavy atom. The standard InChI is InChI=1S/C22H22N4O3/c1-3-20-24-22(25-29-20)17-6-9-19-16(13-17)10-11-26(19)21(28)12-15-4-7-18(8-5-15)23-14(2)27/h4-9,13H,3,10-12H2,1-2H3,(H,23,27). The second kappa shape index (κ2) is 7.87.